The summed E-state index contributed by atoms with van der Waals surface area (Å²) in [5.74, 6) is -0.181. The van der Waals surface area contributed by atoms with Crippen LogP contribution in [0.25, 0.3) is 0 Å². The summed E-state index contributed by atoms with van der Waals surface area (Å²) in [4.78, 5) is 25.5. The van der Waals surface area contributed by atoms with Crippen LogP contribution in [0.5, 0.6) is 0 Å². The second-order valence-electron chi connectivity index (χ2n) is 6.33. The molecule has 0 aromatic heterocycles. The van der Waals surface area contributed by atoms with E-state index in [2.05, 4.69) is 10.6 Å². The van der Waals surface area contributed by atoms with Gasteiger partial charge in [0, 0.05) is 42.8 Å². The fourth-order valence-corrected chi connectivity index (χ4v) is 3.23. The predicted molar refractivity (Wildman–Crippen MR) is 113 cm³/mol. The highest BCUT2D eigenvalue weighted by Gasteiger charge is 2.22. The van der Waals surface area contributed by atoms with E-state index < -0.39 is 4.92 Å². The quantitative estimate of drug-likeness (QED) is 0.563. The number of hydrogen-bond donors (Lipinski definition) is 2. The van der Waals surface area contributed by atoms with Crippen molar-refractivity contribution in [3.05, 3.63) is 68.7 Å². The SMILES string of the molecule is Cl.O=C(c1ccc(NCc2ccccc2Cl)c([N+](=O)[O-])c1)N1CCCNCC1. The van der Waals surface area contributed by atoms with Gasteiger partial charge in [-0.3, -0.25) is 14.9 Å². The van der Waals surface area contributed by atoms with Gasteiger partial charge in [-0.25, -0.2) is 0 Å². The Morgan fingerprint density at radius 2 is 2.00 bits per heavy atom. The van der Waals surface area contributed by atoms with Gasteiger partial charge in [0.25, 0.3) is 11.6 Å². The molecule has 0 aliphatic carbocycles. The summed E-state index contributed by atoms with van der Waals surface area (Å²) >= 11 is 6.13. The van der Waals surface area contributed by atoms with E-state index >= 15 is 0 Å². The Morgan fingerprint density at radius 3 is 2.75 bits per heavy atom. The third-order valence-corrected chi connectivity index (χ3v) is 4.86. The van der Waals surface area contributed by atoms with Crippen molar-refractivity contribution in [2.45, 2.75) is 13.0 Å². The predicted octanol–water partition coefficient (Wildman–Crippen LogP) is 3.72. The van der Waals surface area contributed by atoms with Gasteiger partial charge < -0.3 is 15.5 Å². The molecule has 1 heterocycles. The van der Waals surface area contributed by atoms with Crippen LogP contribution in [0.3, 0.4) is 0 Å². The number of nitrogens with one attached hydrogen (secondary N) is 2. The zero-order chi connectivity index (χ0) is 19.2. The highest BCUT2D eigenvalue weighted by molar-refractivity contribution is 6.31. The second kappa shape index (κ2) is 10.3. The highest BCUT2D eigenvalue weighted by atomic mass is 35.5. The van der Waals surface area contributed by atoms with Gasteiger partial charge in [0.2, 0.25) is 0 Å². The number of halogens is 2. The fourth-order valence-electron chi connectivity index (χ4n) is 3.03. The van der Waals surface area contributed by atoms with Crippen molar-refractivity contribution in [2.24, 2.45) is 0 Å². The molecule has 0 radical (unpaired) electrons. The van der Waals surface area contributed by atoms with Crippen molar-refractivity contribution >= 4 is 41.3 Å². The lowest BCUT2D eigenvalue weighted by Crippen LogP contribution is -2.34. The number of rotatable bonds is 5. The number of nitrogens with zero attached hydrogens (tertiary/aromatic N) is 2. The molecule has 1 amide bonds. The average Bonchev–Trinajstić information content (AvgIpc) is 2.96. The van der Waals surface area contributed by atoms with Crippen LogP contribution in [0.2, 0.25) is 5.02 Å². The molecule has 0 unspecified atom stereocenters. The molecule has 7 nitrogen and oxygen atoms in total. The molecular weight excluding hydrogens is 403 g/mol. The molecule has 1 saturated heterocycles. The molecule has 1 fully saturated rings. The molecule has 1 aliphatic rings. The number of carbonyl (C=O) groups is 1. The van der Waals surface area contributed by atoms with Crippen LogP contribution >= 0.6 is 24.0 Å². The molecular formula is C19H22Cl2N4O3. The summed E-state index contributed by atoms with van der Waals surface area (Å²) in [5, 5.41) is 18.4. The maximum absolute atomic E-state index is 12.7. The van der Waals surface area contributed by atoms with Gasteiger partial charge in [-0.15, -0.1) is 12.4 Å². The number of hydrogen-bond acceptors (Lipinski definition) is 5. The van der Waals surface area contributed by atoms with Gasteiger partial charge in [-0.05, 0) is 36.7 Å². The lowest BCUT2D eigenvalue weighted by atomic mass is 10.1. The molecule has 2 N–H and O–H groups in total. The van der Waals surface area contributed by atoms with E-state index in [0.717, 1.165) is 25.1 Å². The molecule has 1 aliphatic heterocycles. The monoisotopic (exact) mass is 424 g/mol. The standard InChI is InChI=1S/C19H21ClN4O3.ClH/c20-16-5-2-1-4-15(16)13-22-17-7-6-14(12-18(17)24(26)27)19(25)23-10-3-8-21-9-11-23;/h1-2,4-7,12,21-22H,3,8-11,13H2;1H. The zero-order valence-corrected chi connectivity index (χ0v) is 16.8. The molecule has 0 atom stereocenters. The van der Waals surface area contributed by atoms with Gasteiger partial charge in [0.05, 0.1) is 4.92 Å². The number of benzene rings is 2. The van der Waals surface area contributed by atoms with Crippen molar-refractivity contribution in [3.8, 4) is 0 Å². The molecule has 0 bridgehead atoms. The molecule has 2 aromatic rings. The van der Waals surface area contributed by atoms with Gasteiger partial charge in [-0.1, -0.05) is 29.8 Å². The Kier molecular flexibility index (Phi) is 8.04. The number of amides is 1. The third kappa shape index (κ3) is 5.34. The first kappa shape index (κ1) is 21.9. The second-order valence-corrected chi connectivity index (χ2v) is 6.74. The van der Waals surface area contributed by atoms with E-state index in [-0.39, 0.29) is 24.0 Å². The molecule has 9 heteroatoms. The van der Waals surface area contributed by atoms with Crippen LogP contribution in [-0.4, -0.2) is 41.9 Å². The smallest absolute Gasteiger partial charge is 0.293 e. The Labute approximate surface area is 174 Å². The normalized spacial score (nSPS) is 14.0. The topological polar surface area (TPSA) is 87.5 Å². The van der Waals surface area contributed by atoms with Crippen molar-refractivity contribution in [2.75, 3.05) is 31.5 Å². The van der Waals surface area contributed by atoms with E-state index in [4.69, 9.17) is 11.6 Å². The zero-order valence-electron chi connectivity index (χ0n) is 15.2. The molecule has 0 spiro atoms. The number of nitro groups is 1. The van der Waals surface area contributed by atoms with Crippen LogP contribution in [0.1, 0.15) is 22.3 Å². The maximum atomic E-state index is 12.7. The highest BCUT2D eigenvalue weighted by Crippen LogP contribution is 2.27. The summed E-state index contributed by atoms with van der Waals surface area (Å²) in [5.41, 5.74) is 1.40. The van der Waals surface area contributed by atoms with E-state index in [0.29, 0.717) is 35.9 Å². The van der Waals surface area contributed by atoms with Crippen LogP contribution < -0.4 is 10.6 Å². The first-order valence-corrected chi connectivity index (χ1v) is 9.20. The van der Waals surface area contributed by atoms with E-state index in [1.165, 1.54) is 6.07 Å². The van der Waals surface area contributed by atoms with Crippen LogP contribution in [0, 0.1) is 10.1 Å². The molecule has 0 saturated carbocycles. The van der Waals surface area contributed by atoms with Gasteiger partial charge in [-0.2, -0.15) is 0 Å². The fraction of sp³-hybridized carbons (Fsp3) is 0.316. The van der Waals surface area contributed by atoms with Crippen molar-refractivity contribution < 1.29 is 9.72 Å². The Balaban J connectivity index is 0.00000280. The van der Waals surface area contributed by atoms with E-state index in [1.54, 1.807) is 23.1 Å². The van der Waals surface area contributed by atoms with Crippen molar-refractivity contribution in [1.29, 1.82) is 0 Å². The largest absolute Gasteiger partial charge is 0.375 e. The van der Waals surface area contributed by atoms with Crippen molar-refractivity contribution in [3.63, 3.8) is 0 Å². The number of nitro benzene ring substituents is 1. The number of anilines is 1. The lowest BCUT2D eigenvalue weighted by Gasteiger charge is -2.20. The minimum atomic E-state index is -0.476. The first-order valence-electron chi connectivity index (χ1n) is 8.82. The van der Waals surface area contributed by atoms with E-state index in [1.807, 2.05) is 18.2 Å². The maximum Gasteiger partial charge on any atom is 0.293 e. The van der Waals surface area contributed by atoms with Gasteiger partial charge >= 0.3 is 0 Å². The summed E-state index contributed by atoms with van der Waals surface area (Å²) in [6, 6.07) is 11.9. The summed E-state index contributed by atoms with van der Waals surface area (Å²) in [7, 11) is 0. The van der Waals surface area contributed by atoms with Crippen LogP contribution in [0.4, 0.5) is 11.4 Å². The summed E-state index contributed by atoms with van der Waals surface area (Å²) in [6.45, 7) is 3.19. The van der Waals surface area contributed by atoms with Crippen LogP contribution in [0.15, 0.2) is 42.5 Å². The third-order valence-electron chi connectivity index (χ3n) is 4.50. The summed E-state index contributed by atoms with van der Waals surface area (Å²) < 4.78 is 0. The lowest BCUT2D eigenvalue weighted by molar-refractivity contribution is -0.384. The van der Waals surface area contributed by atoms with E-state index in [9.17, 15) is 14.9 Å². The van der Waals surface area contributed by atoms with Gasteiger partial charge in [0.1, 0.15) is 5.69 Å². The molecule has 2 aromatic carbocycles. The minimum absolute atomic E-state index is 0. The molecule has 28 heavy (non-hydrogen) atoms. The van der Waals surface area contributed by atoms with Crippen LogP contribution in [-0.2, 0) is 6.54 Å². The van der Waals surface area contributed by atoms with Gasteiger partial charge in [0.15, 0.2) is 0 Å². The Morgan fingerprint density at radius 1 is 1.21 bits per heavy atom. The Bertz CT molecular complexity index is 840. The Hall–Kier alpha value is -2.35. The molecule has 150 valence electrons. The van der Waals surface area contributed by atoms with Crippen molar-refractivity contribution in [1.82, 2.24) is 10.2 Å². The summed E-state index contributed by atoms with van der Waals surface area (Å²) in [6.07, 6.45) is 0.866. The average molecular weight is 425 g/mol. The number of carbonyl (C=O) groups excluding carboxylic acids is 1. The molecule has 3 rings (SSSR count). The first-order chi connectivity index (χ1) is 13.1. The minimum Gasteiger partial charge on any atom is -0.375 e.